The minimum absolute atomic E-state index is 0.271. The number of benzene rings is 1. The molecular weight excluding hydrogens is 390 g/mol. The molecule has 2 aromatic rings. The molecule has 158 valence electrons. The number of pyridine rings is 1. The molecule has 8 heteroatoms. The van der Waals surface area contributed by atoms with Crippen LogP contribution < -0.4 is 4.98 Å². The zero-order valence-corrected chi connectivity index (χ0v) is 18.3. The lowest BCUT2D eigenvalue weighted by Gasteiger charge is -2.36. The summed E-state index contributed by atoms with van der Waals surface area (Å²) in [5.41, 5.74) is -0.586. The normalized spacial score (nSPS) is 19.6. The molecule has 1 aliphatic rings. The van der Waals surface area contributed by atoms with E-state index in [0.29, 0.717) is 26.1 Å². The molecule has 1 aromatic heterocycles. The fourth-order valence-electron chi connectivity index (χ4n) is 3.54. The van der Waals surface area contributed by atoms with Gasteiger partial charge < -0.3 is 9.64 Å². The maximum atomic E-state index is 13.4. The number of carbonyl (C=O) groups is 1. The summed E-state index contributed by atoms with van der Waals surface area (Å²) < 4.78 is 33.8. The molecule has 1 N–H and O–H groups in total. The summed E-state index contributed by atoms with van der Waals surface area (Å²) in [6.07, 6.45) is 4.63. The molecule has 1 atom stereocenters. The summed E-state index contributed by atoms with van der Waals surface area (Å²) in [4.78, 5) is 17.4. The molecule has 1 fully saturated rings. The van der Waals surface area contributed by atoms with E-state index in [0.717, 1.165) is 17.2 Å². The maximum Gasteiger partial charge on any atom is 0.410 e. The first-order valence-corrected chi connectivity index (χ1v) is 11.4. The van der Waals surface area contributed by atoms with Crippen molar-refractivity contribution < 1.29 is 22.9 Å². The lowest BCUT2D eigenvalue weighted by molar-refractivity contribution is -0.375. The number of fused-ring (bicyclic) bond motifs is 1. The highest BCUT2D eigenvalue weighted by Crippen LogP contribution is 2.25. The molecule has 0 bridgehead atoms. The number of aromatic nitrogens is 1. The van der Waals surface area contributed by atoms with Gasteiger partial charge in [-0.1, -0.05) is 0 Å². The Morgan fingerprint density at radius 2 is 1.86 bits per heavy atom. The van der Waals surface area contributed by atoms with Gasteiger partial charge in [-0.05, 0) is 64.1 Å². The number of amides is 1. The molecule has 0 radical (unpaired) electrons. The van der Waals surface area contributed by atoms with Gasteiger partial charge in [-0.25, -0.2) is 18.2 Å². The Labute approximate surface area is 172 Å². The Morgan fingerprint density at radius 1 is 1.14 bits per heavy atom. The number of hydrogen-bond acceptors (Lipinski definition) is 4. The molecule has 2 heterocycles. The fourth-order valence-corrected chi connectivity index (χ4v) is 5.24. The van der Waals surface area contributed by atoms with Crippen LogP contribution in [0.2, 0.25) is 0 Å². The highest BCUT2D eigenvalue weighted by molar-refractivity contribution is 7.89. The van der Waals surface area contributed by atoms with E-state index in [2.05, 4.69) is 4.98 Å². The average Bonchev–Trinajstić information content (AvgIpc) is 2.62. The second-order valence-corrected chi connectivity index (χ2v) is 10.4. The van der Waals surface area contributed by atoms with E-state index in [9.17, 15) is 13.2 Å². The Kier molecular flexibility index (Phi) is 6.14. The van der Waals surface area contributed by atoms with Crippen LogP contribution in [-0.4, -0.2) is 55.0 Å². The van der Waals surface area contributed by atoms with Gasteiger partial charge in [0.05, 0.1) is 4.90 Å². The average molecular weight is 421 g/mol. The van der Waals surface area contributed by atoms with Crippen molar-refractivity contribution in [3.63, 3.8) is 0 Å². The van der Waals surface area contributed by atoms with Crippen molar-refractivity contribution in [2.24, 2.45) is 0 Å². The quantitative estimate of drug-likeness (QED) is 0.748. The zero-order valence-electron chi connectivity index (χ0n) is 17.5. The third-order valence-corrected chi connectivity index (χ3v) is 6.96. The number of hydrogen-bond donors (Lipinski definition) is 0. The lowest BCUT2D eigenvalue weighted by atomic mass is 10.2. The van der Waals surface area contributed by atoms with Crippen LogP contribution in [0.5, 0.6) is 0 Å². The van der Waals surface area contributed by atoms with Crippen molar-refractivity contribution >= 4 is 26.9 Å². The molecule has 1 aromatic carbocycles. The Balaban J connectivity index is 1.85. The van der Waals surface area contributed by atoms with Gasteiger partial charge in [0.1, 0.15) is 5.60 Å². The van der Waals surface area contributed by atoms with Crippen LogP contribution >= 0.6 is 0 Å². The van der Waals surface area contributed by atoms with Crippen LogP contribution in [-0.2, 0) is 14.8 Å². The Morgan fingerprint density at radius 3 is 2.59 bits per heavy atom. The first kappa shape index (κ1) is 21.5. The molecule has 0 spiro atoms. The van der Waals surface area contributed by atoms with Gasteiger partial charge in [-0.15, -0.1) is 0 Å². The molecule has 7 nitrogen and oxygen atoms in total. The number of carbonyl (C=O) groups excluding carboxylic acids is 1. The van der Waals surface area contributed by atoms with Crippen LogP contribution in [0.3, 0.4) is 0 Å². The van der Waals surface area contributed by atoms with Crippen LogP contribution in [0.4, 0.5) is 4.79 Å². The highest BCUT2D eigenvalue weighted by Gasteiger charge is 2.33. The molecular formula is C21H30N3O4S+. The second kappa shape index (κ2) is 8.28. The van der Waals surface area contributed by atoms with E-state index in [1.807, 2.05) is 40.0 Å². The molecule has 1 saturated heterocycles. The fraction of sp³-hybridized carbons (Fsp3) is 0.524. The maximum absolute atomic E-state index is 13.4. The lowest BCUT2D eigenvalue weighted by Crippen LogP contribution is -2.50. The summed E-state index contributed by atoms with van der Waals surface area (Å²) in [7, 11) is -3.68. The third-order valence-electron chi connectivity index (χ3n) is 4.95. The van der Waals surface area contributed by atoms with Gasteiger partial charge in [-0.3, -0.25) is 0 Å². The van der Waals surface area contributed by atoms with Crippen LogP contribution in [0.15, 0.2) is 41.6 Å². The van der Waals surface area contributed by atoms with E-state index in [4.69, 9.17) is 4.74 Å². The summed E-state index contributed by atoms with van der Waals surface area (Å²) in [6, 6.07) is 6.65. The van der Waals surface area contributed by atoms with Crippen LogP contribution in [0.1, 0.15) is 40.5 Å². The first-order chi connectivity index (χ1) is 13.6. The Hall–Kier alpha value is -2.19. The molecule has 0 saturated carbocycles. The van der Waals surface area contributed by atoms with Crippen molar-refractivity contribution in [1.29, 1.82) is 0 Å². The second-order valence-electron chi connectivity index (χ2n) is 8.53. The Bertz CT molecular complexity index is 985. The van der Waals surface area contributed by atoms with Gasteiger partial charge in [-0.2, -0.15) is 4.31 Å². The first-order valence-electron chi connectivity index (χ1n) is 9.97. The minimum atomic E-state index is -3.68. The summed E-state index contributed by atoms with van der Waals surface area (Å²) in [5, 5.41) is 1.81. The van der Waals surface area contributed by atoms with E-state index in [-0.39, 0.29) is 10.9 Å². The minimum Gasteiger partial charge on any atom is -0.444 e. The predicted octanol–water partition coefficient (Wildman–Crippen LogP) is 3.06. The van der Waals surface area contributed by atoms with E-state index < -0.39 is 21.7 Å². The van der Waals surface area contributed by atoms with Crippen LogP contribution in [0.25, 0.3) is 10.8 Å². The zero-order chi connectivity index (χ0) is 21.2. The third kappa shape index (κ3) is 5.05. The molecule has 0 aliphatic carbocycles. The van der Waals surface area contributed by atoms with Gasteiger partial charge in [0.2, 0.25) is 10.0 Å². The van der Waals surface area contributed by atoms with Gasteiger partial charge in [0, 0.05) is 37.1 Å². The number of H-pyrrole nitrogens is 1. The summed E-state index contributed by atoms with van der Waals surface area (Å²) in [5.74, 6) is 0. The van der Waals surface area contributed by atoms with Gasteiger partial charge in [0.15, 0.2) is 12.4 Å². The van der Waals surface area contributed by atoms with Crippen LogP contribution in [0, 0.1) is 0 Å². The van der Waals surface area contributed by atoms with Crippen molar-refractivity contribution in [2.75, 3.05) is 19.6 Å². The monoisotopic (exact) mass is 420 g/mol. The van der Waals surface area contributed by atoms with Crippen molar-refractivity contribution in [3.8, 4) is 0 Å². The smallest absolute Gasteiger partial charge is 0.410 e. The standard InChI is InChI=1S/C21H29N3O4S/c1-16-15-23(20(25)28-21(2,3)4)11-5-6-12-24(16)29(26,27)19-8-7-18-14-22-10-9-17(18)13-19/h7-10,13-14,16H,5-6,11-12,15H2,1-4H3/p+1/t16-/m1/s1. The number of aromatic amines is 1. The predicted molar refractivity (Wildman–Crippen MR) is 111 cm³/mol. The number of sulfonamides is 1. The molecule has 1 amide bonds. The SMILES string of the molecule is C[C@@H]1CN(C(=O)OC(C)(C)C)CCCCN1S(=O)(=O)c1ccc2c[nH+]ccc2c1. The molecule has 1 aliphatic heterocycles. The van der Waals surface area contributed by atoms with E-state index in [1.54, 1.807) is 29.3 Å². The summed E-state index contributed by atoms with van der Waals surface area (Å²) in [6.45, 7) is 8.63. The largest absolute Gasteiger partial charge is 0.444 e. The van der Waals surface area contributed by atoms with Crippen molar-refractivity contribution in [1.82, 2.24) is 9.21 Å². The van der Waals surface area contributed by atoms with Gasteiger partial charge in [0.25, 0.3) is 0 Å². The molecule has 0 unspecified atom stereocenters. The van der Waals surface area contributed by atoms with Crippen molar-refractivity contribution in [2.45, 2.75) is 57.1 Å². The van der Waals surface area contributed by atoms with E-state index in [1.165, 1.54) is 4.31 Å². The summed E-state index contributed by atoms with van der Waals surface area (Å²) >= 11 is 0. The number of nitrogens with zero attached hydrogens (tertiary/aromatic N) is 2. The molecule has 3 rings (SSSR count). The van der Waals surface area contributed by atoms with Crippen molar-refractivity contribution in [3.05, 3.63) is 36.7 Å². The molecule has 29 heavy (non-hydrogen) atoms. The number of rotatable bonds is 2. The highest BCUT2D eigenvalue weighted by atomic mass is 32.2. The number of nitrogens with one attached hydrogen (secondary N) is 1. The van der Waals surface area contributed by atoms with E-state index >= 15 is 0 Å². The topological polar surface area (TPSA) is 81.1 Å². The number of ether oxygens (including phenoxy) is 1. The van der Waals surface area contributed by atoms with Gasteiger partial charge >= 0.3 is 6.09 Å².